The second kappa shape index (κ2) is 6.35. The molecular weight excluding hydrogens is 259 g/mol. The van der Waals surface area contributed by atoms with Gasteiger partial charge in [0.15, 0.2) is 0 Å². The molecule has 0 fully saturated rings. The monoisotopic (exact) mass is 272 g/mol. The third-order valence-corrected chi connectivity index (χ3v) is 2.45. The maximum atomic E-state index is 12.9. The zero-order chi connectivity index (χ0) is 13.7. The van der Waals surface area contributed by atoms with Crippen LogP contribution in [0.1, 0.15) is 12.5 Å². The molecule has 1 aromatic carbocycles. The molecule has 0 spiro atoms. The van der Waals surface area contributed by atoms with Gasteiger partial charge in [-0.1, -0.05) is 12.1 Å². The average molecular weight is 273 g/mol. The number of hydrogen-bond donors (Lipinski definition) is 1. The van der Waals surface area contributed by atoms with Crippen molar-refractivity contribution < 1.29 is 14.0 Å². The summed E-state index contributed by atoms with van der Waals surface area (Å²) in [5.74, 6) is -0.931. The number of imide groups is 1. The molecule has 0 saturated carbocycles. The predicted octanol–water partition coefficient (Wildman–Crippen LogP) is 2.12. The van der Waals surface area contributed by atoms with E-state index in [2.05, 4.69) is 5.32 Å². The Morgan fingerprint density at radius 2 is 2.17 bits per heavy atom. The molecule has 0 aromatic heterocycles. The minimum absolute atomic E-state index is 0.202. The number of alkyl halides is 1. The Bertz CT molecular complexity index is 451. The molecule has 0 aliphatic heterocycles. The summed E-state index contributed by atoms with van der Waals surface area (Å²) in [4.78, 5) is 24.1. The van der Waals surface area contributed by atoms with Gasteiger partial charge in [-0.25, -0.2) is 9.18 Å². The molecule has 6 heteroatoms. The maximum absolute atomic E-state index is 12.9. The highest BCUT2D eigenvalue weighted by Gasteiger charge is 2.16. The Morgan fingerprint density at radius 1 is 1.50 bits per heavy atom. The van der Waals surface area contributed by atoms with E-state index in [1.807, 2.05) is 0 Å². The Morgan fingerprint density at radius 3 is 2.72 bits per heavy atom. The van der Waals surface area contributed by atoms with Crippen LogP contribution in [0.2, 0.25) is 0 Å². The van der Waals surface area contributed by atoms with Crippen LogP contribution in [0.5, 0.6) is 0 Å². The zero-order valence-corrected chi connectivity index (χ0v) is 10.9. The number of halogens is 2. The summed E-state index contributed by atoms with van der Waals surface area (Å²) < 4.78 is 12.9. The van der Waals surface area contributed by atoms with Crippen molar-refractivity contribution in [1.29, 1.82) is 0 Å². The topological polar surface area (TPSA) is 49.4 Å². The number of amides is 3. The lowest BCUT2D eigenvalue weighted by molar-refractivity contribution is -0.119. The Hall–Kier alpha value is -1.62. The largest absolute Gasteiger partial charge is 0.324 e. The third kappa shape index (κ3) is 4.33. The summed E-state index contributed by atoms with van der Waals surface area (Å²) >= 11 is 5.53. The fourth-order valence-electron chi connectivity index (χ4n) is 1.28. The molecular formula is C12H14ClFN2O2. The van der Waals surface area contributed by atoms with Gasteiger partial charge in [0.1, 0.15) is 11.2 Å². The Kier molecular flexibility index (Phi) is 5.09. The van der Waals surface area contributed by atoms with Crippen molar-refractivity contribution in [3.8, 4) is 0 Å². The molecule has 18 heavy (non-hydrogen) atoms. The standard InChI is InChI=1S/C12H14ClFN2O2/c1-8(13)11(17)15-12(18)16(2)7-9-4-3-5-10(14)6-9/h3-6,8H,7H2,1-2H3,(H,15,17,18). The van der Waals surface area contributed by atoms with Crippen LogP contribution in [0.25, 0.3) is 0 Å². The first-order chi connectivity index (χ1) is 8.40. The highest BCUT2D eigenvalue weighted by atomic mass is 35.5. The molecule has 0 aliphatic carbocycles. The molecule has 0 saturated heterocycles. The number of nitrogens with one attached hydrogen (secondary N) is 1. The first kappa shape index (κ1) is 14.4. The number of nitrogens with zero attached hydrogens (tertiary/aromatic N) is 1. The van der Waals surface area contributed by atoms with Crippen molar-refractivity contribution in [1.82, 2.24) is 10.2 Å². The first-order valence-electron chi connectivity index (χ1n) is 5.34. The lowest BCUT2D eigenvalue weighted by atomic mass is 10.2. The molecule has 1 unspecified atom stereocenters. The quantitative estimate of drug-likeness (QED) is 0.857. The van der Waals surface area contributed by atoms with Gasteiger partial charge in [0.05, 0.1) is 0 Å². The molecule has 1 N–H and O–H groups in total. The lowest BCUT2D eigenvalue weighted by Gasteiger charge is -2.17. The summed E-state index contributed by atoms with van der Waals surface area (Å²) in [6.07, 6.45) is 0. The molecule has 0 aliphatic rings. The van der Waals surface area contributed by atoms with E-state index >= 15 is 0 Å². The molecule has 1 aromatic rings. The summed E-state index contributed by atoms with van der Waals surface area (Å²) in [6, 6.07) is 5.33. The summed E-state index contributed by atoms with van der Waals surface area (Å²) in [5, 5.41) is 1.36. The van der Waals surface area contributed by atoms with Crippen molar-refractivity contribution in [3.63, 3.8) is 0 Å². The molecule has 4 nitrogen and oxygen atoms in total. The van der Waals surface area contributed by atoms with Crippen molar-refractivity contribution in [2.24, 2.45) is 0 Å². The van der Waals surface area contributed by atoms with E-state index in [9.17, 15) is 14.0 Å². The first-order valence-corrected chi connectivity index (χ1v) is 5.78. The van der Waals surface area contributed by atoms with E-state index in [-0.39, 0.29) is 12.4 Å². The number of carbonyl (C=O) groups excluding carboxylic acids is 2. The minimum atomic E-state index is -0.781. The molecule has 0 heterocycles. The maximum Gasteiger partial charge on any atom is 0.324 e. The molecule has 1 atom stereocenters. The highest BCUT2D eigenvalue weighted by molar-refractivity contribution is 6.31. The van der Waals surface area contributed by atoms with Gasteiger partial charge in [-0.2, -0.15) is 0 Å². The van der Waals surface area contributed by atoms with Crippen LogP contribution in [0.4, 0.5) is 9.18 Å². The van der Waals surface area contributed by atoms with Crippen LogP contribution in [0.3, 0.4) is 0 Å². The van der Waals surface area contributed by atoms with Crippen molar-refractivity contribution >= 4 is 23.5 Å². The van der Waals surface area contributed by atoms with Gasteiger partial charge in [0.2, 0.25) is 5.91 Å². The SMILES string of the molecule is CC(Cl)C(=O)NC(=O)N(C)Cc1cccc(F)c1. The fraction of sp³-hybridized carbons (Fsp3) is 0.333. The summed E-state index contributed by atoms with van der Waals surface area (Å²) in [5.41, 5.74) is 0.638. The summed E-state index contributed by atoms with van der Waals surface area (Å²) in [7, 11) is 1.51. The minimum Gasteiger partial charge on any atom is -0.323 e. The fourth-order valence-corrected chi connectivity index (χ4v) is 1.34. The lowest BCUT2D eigenvalue weighted by Crippen LogP contribution is -2.42. The molecule has 0 bridgehead atoms. The van der Waals surface area contributed by atoms with Gasteiger partial charge < -0.3 is 4.90 Å². The number of urea groups is 1. The number of hydrogen-bond acceptors (Lipinski definition) is 2. The van der Waals surface area contributed by atoms with E-state index < -0.39 is 17.3 Å². The zero-order valence-electron chi connectivity index (χ0n) is 10.1. The smallest absolute Gasteiger partial charge is 0.323 e. The number of rotatable bonds is 3. The second-order valence-electron chi connectivity index (χ2n) is 3.90. The van der Waals surface area contributed by atoms with E-state index in [1.165, 1.54) is 31.0 Å². The highest BCUT2D eigenvalue weighted by Crippen LogP contribution is 2.06. The molecule has 98 valence electrons. The van der Waals surface area contributed by atoms with Gasteiger partial charge in [0, 0.05) is 13.6 Å². The molecule has 0 radical (unpaired) electrons. The second-order valence-corrected chi connectivity index (χ2v) is 4.55. The van der Waals surface area contributed by atoms with E-state index in [0.29, 0.717) is 5.56 Å². The van der Waals surface area contributed by atoms with Crippen LogP contribution in [0, 0.1) is 5.82 Å². The van der Waals surface area contributed by atoms with Gasteiger partial charge in [-0.15, -0.1) is 11.6 Å². The normalized spacial score (nSPS) is 11.8. The Labute approximate surface area is 110 Å². The molecule has 3 amide bonds. The van der Waals surface area contributed by atoms with Crippen LogP contribution in [-0.4, -0.2) is 29.3 Å². The third-order valence-electron chi connectivity index (χ3n) is 2.25. The average Bonchev–Trinajstić information content (AvgIpc) is 2.28. The van der Waals surface area contributed by atoms with Crippen molar-refractivity contribution in [3.05, 3.63) is 35.6 Å². The van der Waals surface area contributed by atoms with Gasteiger partial charge >= 0.3 is 6.03 Å². The van der Waals surface area contributed by atoms with Crippen LogP contribution in [0.15, 0.2) is 24.3 Å². The Balaban J connectivity index is 2.57. The van der Waals surface area contributed by atoms with Gasteiger partial charge in [0.25, 0.3) is 0 Å². The van der Waals surface area contributed by atoms with Crippen molar-refractivity contribution in [2.75, 3.05) is 7.05 Å². The van der Waals surface area contributed by atoms with Crippen molar-refractivity contribution in [2.45, 2.75) is 18.8 Å². The van der Waals surface area contributed by atoms with E-state index in [4.69, 9.17) is 11.6 Å². The van der Waals surface area contributed by atoms with Crippen LogP contribution < -0.4 is 5.32 Å². The predicted molar refractivity (Wildman–Crippen MR) is 66.7 cm³/mol. The number of benzene rings is 1. The van der Waals surface area contributed by atoms with Gasteiger partial charge in [-0.3, -0.25) is 10.1 Å². The van der Waals surface area contributed by atoms with E-state index in [1.54, 1.807) is 12.1 Å². The van der Waals surface area contributed by atoms with Crippen LogP contribution in [-0.2, 0) is 11.3 Å². The summed E-state index contributed by atoms with van der Waals surface area (Å²) in [6.45, 7) is 1.67. The molecule has 1 rings (SSSR count). The van der Waals surface area contributed by atoms with Crippen LogP contribution >= 0.6 is 11.6 Å². The number of carbonyl (C=O) groups is 2. The van der Waals surface area contributed by atoms with Gasteiger partial charge in [-0.05, 0) is 24.6 Å². The van der Waals surface area contributed by atoms with E-state index in [0.717, 1.165) is 0 Å².